The molecule has 100 valence electrons. The van der Waals surface area contributed by atoms with E-state index in [9.17, 15) is 4.79 Å². The molecule has 0 spiro atoms. The normalized spacial score (nSPS) is 12.2. The smallest absolute Gasteiger partial charge is 0.257 e. The number of aryl methyl sites for hydroxylation is 1. The lowest BCUT2D eigenvalue weighted by atomic mass is 10.1. The molecule has 0 bridgehead atoms. The highest BCUT2D eigenvalue weighted by Gasteiger charge is 2.19. The van der Waals surface area contributed by atoms with Crippen LogP contribution in [0, 0.1) is 6.92 Å². The number of nitrogens with zero attached hydrogens (tertiary/aromatic N) is 3. The molecule has 0 aromatic carbocycles. The molecular weight excluding hydrogens is 240 g/mol. The molecule has 0 fully saturated rings. The number of pyridine rings is 1. The fraction of sp³-hybridized carbons (Fsp3) is 0.357. The average Bonchev–Trinajstić information content (AvgIpc) is 2.93. The highest BCUT2D eigenvalue weighted by molar-refractivity contribution is 5.93. The number of amides is 1. The Balaban J connectivity index is 2.06. The molecule has 1 amide bonds. The third-order valence-corrected chi connectivity index (χ3v) is 3.33. The van der Waals surface area contributed by atoms with Gasteiger partial charge in [-0.15, -0.1) is 0 Å². The van der Waals surface area contributed by atoms with Crippen LogP contribution in [0.4, 0.5) is 0 Å². The van der Waals surface area contributed by atoms with E-state index in [4.69, 9.17) is 0 Å². The zero-order valence-electron chi connectivity index (χ0n) is 11.4. The summed E-state index contributed by atoms with van der Waals surface area (Å²) in [6.45, 7) is 4.05. The predicted octanol–water partition coefficient (Wildman–Crippen LogP) is 1.82. The van der Waals surface area contributed by atoms with Crippen molar-refractivity contribution >= 4 is 5.91 Å². The summed E-state index contributed by atoms with van der Waals surface area (Å²) in [6, 6.07) is 4.03. The van der Waals surface area contributed by atoms with Crippen LogP contribution >= 0.6 is 0 Å². The van der Waals surface area contributed by atoms with E-state index in [0.29, 0.717) is 5.56 Å². The monoisotopic (exact) mass is 258 g/mol. The van der Waals surface area contributed by atoms with Crippen molar-refractivity contribution in [3.63, 3.8) is 0 Å². The zero-order valence-corrected chi connectivity index (χ0v) is 11.4. The Hall–Kier alpha value is -2.17. The van der Waals surface area contributed by atoms with Gasteiger partial charge >= 0.3 is 0 Å². The minimum absolute atomic E-state index is 0.0326. The molecule has 0 saturated carbocycles. The van der Waals surface area contributed by atoms with E-state index in [0.717, 1.165) is 17.7 Å². The molecule has 19 heavy (non-hydrogen) atoms. The lowest BCUT2D eigenvalue weighted by Gasteiger charge is -2.24. The molecule has 1 N–H and O–H groups in total. The van der Waals surface area contributed by atoms with Gasteiger partial charge in [-0.1, -0.05) is 6.07 Å². The van der Waals surface area contributed by atoms with E-state index in [-0.39, 0.29) is 11.9 Å². The van der Waals surface area contributed by atoms with Crippen molar-refractivity contribution in [1.29, 1.82) is 0 Å². The molecule has 0 radical (unpaired) electrons. The van der Waals surface area contributed by atoms with E-state index < -0.39 is 0 Å². The Morgan fingerprint density at radius 1 is 1.53 bits per heavy atom. The SMILES string of the molecule is Cc1cccnc1C[C@H](C)N(C)C(=O)c1cn[nH]c1. The Bertz CT molecular complexity index is 550. The minimum Gasteiger partial charge on any atom is -0.339 e. The molecular formula is C14H18N4O. The third-order valence-electron chi connectivity index (χ3n) is 3.33. The number of rotatable bonds is 4. The highest BCUT2D eigenvalue weighted by atomic mass is 16.2. The summed E-state index contributed by atoms with van der Waals surface area (Å²) in [6.07, 6.45) is 5.68. The van der Waals surface area contributed by atoms with Crippen LogP contribution in [0.15, 0.2) is 30.7 Å². The first-order valence-electron chi connectivity index (χ1n) is 6.26. The van der Waals surface area contributed by atoms with Crippen molar-refractivity contribution in [3.8, 4) is 0 Å². The maximum Gasteiger partial charge on any atom is 0.257 e. The molecule has 1 atom stereocenters. The van der Waals surface area contributed by atoms with Crippen molar-refractivity contribution in [2.75, 3.05) is 7.05 Å². The lowest BCUT2D eigenvalue weighted by Crippen LogP contribution is -2.36. The first-order valence-corrected chi connectivity index (χ1v) is 6.26. The Labute approximate surface area is 112 Å². The van der Waals surface area contributed by atoms with Crippen molar-refractivity contribution in [3.05, 3.63) is 47.5 Å². The van der Waals surface area contributed by atoms with E-state index in [1.54, 1.807) is 24.3 Å². The van der Waals surface area contributed by atoms with E-state index in [2.05, 4.69) is 15.2 Å². The van der Waals surface area contributed by atoms with Gasteiger partial charge in [0, 0.05) is 37.6 Å². The predicted molar refractivity (Wildman–Crippen MR) is 72.8 cm³/mol. The van der Waals surface area contributed by atoms with Crippen LogP contribution < -0.4 is 0 Å². The topological polar surface area (TPSA) is 61.9 Å². The van der Waals surface area contributed by atoms with Gasteiger partial charge in [0.25, 0.3) is 5.91 Å². The van der Waals surface area contributed by atoms with Crippen molar-refractivity contribution in [2.45, 2.75) is 26.3 Å². The van der Waals surface area contributed by atoms with Gasteiger partial charge < -0.3 is 4.90 Å². The second kappa shape index (κ2) is 5.65. The number of nitrogens with one attached hydrogen (secondary N) is 1. The molecule has 0 aliphatic rings. The summed E-state index contributed by atoms with van der Waals surface area (Å²) in [5.74, 6) is -0.0326. The molecule has 0 unspecified atom stereocenters. The first-order chi connectivity index (χ1) is 9.09. The van der Waals surface area contributed by atoms with Gasteiger partial charge in [-0.3, -0.25) is 14.9 Å². The highest BCUT2D eigenvalue weighted by Crippen LogP contribution is 2.11. The van der Waals surface area contributed by atoms with E-state index in [1.165, 1.54) is 6.20 Å². The third kappa shape index (κ3) is 2.99. The second-order valence-corrected chi connectivity index (χ2v) is 4.72. The maximum atomic E-state index is 12.2. The van der Waals surface area contributed by atoms with Crippen LogP contribution in [0.3, 0.4) is 0 Å². The molecule has 0 saturated heterocycles. The molecule has 5 nitrogen and oxygen atoms in total. The van der Waals surface area contributed by atoms with Gasteiger partial charge in [0.2, 0.25) is 0 Å². The Morgan fingerprint density at radius 2 is 2.32 bits per heavy atom. The summed E-state index contributed by atoms with van der Waals surface area (Å²) >= 11 is 0. The first kappa shape index (κ1) is 13.3. The number of carbonyl (C=O) groups excluding carboxylic acids is 1. The number of hydrogen-bond acceptors (Lipinski definition) is 3. The molecule has 2 aromatic heterocycles. The Kier molecular flexibility index (Phi) is 3.94. The zero-order chi connectivity index (χ0) is 13.8. The molecule has 0 aliphatic heterocycles. The van der Waals surface area contributed by atoms with E-state index >= 15 is 0 Å². The van der Waals surface area contributed by atoms with Gasteiger partial charge in [-0.05, 0) is 25.5 Å². The van der Waals surface area contributed by atoms with Crippen LogP contribution in [0.1, 0.15) is 28.5 Å². The fourth-order valence-corrected chi connectivity index (χ4v) is 1.92. The molecule has 0 aliphatic carbocycles. The Morgan fingerprint density at radius 3 is 2.95 bits per heavy atom. The van der Waals surface area contributed by atoms with Gasteiger partial charge in [-0.25, -0.2) is 0 Å². The molecule has 2 rings (SSSR count). The van der Waals surface area contributed by atoms with Crippen LogP contribution in [-0.2, 0) is 6.42 Å². The lowest BCUT2D eigenvalue weighted by molar-refractivity contribution is 0.0743. The van der Waals surface area contributed by atoms with Crippen molar-refractivity contribution in [1.82, 2.24) is 20.1 Å². The quantitative estimate of drug-likeness (QED) is 0.909. The molecule has 5 heteroatoms. The van der Waals surface area contributed by atoms with Crippen LogP contribution in [0.5, 0.6) is 0 Å². The van der Waals surface area contributed by atoms with Crippen LogP contribution in [0.2, 0.25) is 0 Å². The number of aromatic nitrogens is 3. The summed E-state index contributed by atoms with van der Waals surface area (Å²) in [4.78, 5) is 18.3. The largest absolute Gasteiger partial charge is 0.339 e. The van der Waals surface area contributed by atoms with Crippen LogP contribution in [-0.4, -0.2) is 39.1 Å². The van der Waals surface area contributed by atoms with Gasteiger partial charge in [0.1, 0.15) is 0 Å². The standard InChI is InChI=1S/C14H18N4O/c1-10-5-4-6-15-13(10)7-11(2)18(3)14(19)12-8-16-17-9-12/h4-6,8-9,11H,7H2,1-3H3,(H,16,17)/t11-/m0/s1. The number of carbonyl (C=O) groups is 1. The summed E-state index contributed by atoms with van der Waals surface area (Å²) in [5, 5.41) is 6.45. The summed E-state index contributed by atoms with van der Waals surface area (Å²) < 4.78 is 0. The summed E-state index contributed by atoms with van der Waals surface area (Å²) in [5.41, 5.74) is 2.76. The second-order valence-electron chi connectivity index (χ2n) is 4.72. The minimum atomic E-state index is -0.0326. The van der Waals surface area contributed by atoms with Gasteiger partial charge in [0.15, 0.2) is 0 Å². The average molecular weight is 258 g/mol. The van der Waals surface area contributed by atoms with Gasteiger partial charge in [-0.2, -0.15) is 5.10 Å². The molecule has 2 heterocycles. The van der Waals surface area contributed by atoms with Crippen molar-refractivity contribution < 1.29 is 4.79 Å². The maximum absolute atomic E-state index is 12.2. The van der Waals surface area contributed by atoms with E-state index in [1.807, 2.05) is 26.0 Å². The van der Waals surface area contributed by atoms with Crippen molar-refractivity contribution in [2.24, 2.45) is 0 Å². The summed E-state index contributed by atoms with van der Waals surface area (Å²) in [7, 11) is 1.80. The number of aromatic amines is 1. The molecule has 2 aromatic rings. The number of H-pyrrole nitrogens is 1. The number of likely N-dealkylation sites (N-methyl/N-ethyl adjacent to an activating group) is 1. The number of hydrogen-bond donors (Lipinski definition) is 1. The fourth-order valence-electron chi connectivity index (χ4n) is 1.92. The van der Waals surface area contributed by atoms with Crippen LogP contribution in [0.25, 0.3) is 0 Å². The van der Waals surface area contributed by atoms with Gasteiger partial charge in [0.05, 0.1) is 11.8 Å².